The zero-order valence-corrected chi connectivity index (χ0v) is 7.80. The lowest BCUT2D eigenvalue weighted by atomic mass is 10.2. The molecule has 13 heavy (non-hydrogen) atoms. The van der Waals surface area contributed by atoms with E-state index in [2.05, 4.69) is 0 Å². The summed E-state index contributed by atoms with van der Waals surface area (Å²) >= 11 is 0. The Labute approximate surface area is 76.2 Å². The van der Waals surface area contributed by atoms with Gasteiger partial charge in [0.25, 0.3) is 10.0 Å². The molecule has 0 spiro atoms. The van der Waals surface area contributed by atoms with Gasteiger partial charge in [0.1, 0.15) is 5.75 Å². The fraction of sp³-hybridized carbons (Fsp3) is 0.143. The van der Waals surface area contributed by atoms with Crippen molar-refractivity contribution in [3.05, 3.63) is 23.8 Å². The minimum Gasteiger partial charge on any atom is -0.508 e. The largest absolute Gasteiger partial charge is 0.508 e. The predicted octanol–water partition coefficient (Wildman–Crippen LogP) is -0.147. The molecule has 1 aromatic rings. The average Bonchev–Trinajstić information content (AvgIpc) is 2.09. The monoisotopic (exact) mass is 202 g/mol. The maximum atomic E-state index is 11.1. The van der Waals surface area contributed by atoms with E-state index in [9.17, 15) is 13.5 Å². The van der Waals surface area contributed by atoms with E-state index in [4.69, 9.17) is 5.84 Å². The smallest absolute Gasteiger partial charge is 0.253 e. The van der Waals surface area contributed by atoms with Crippen molar-refractivity contribution in [3.63, 3.8) is 0 Å². The Bertz CT molecular complexity index is 414. The molecule has 1 rings (SSSR count). The maximum absolute atomic E-state index is 11.1. The second-order valence-corrected chi connectivity index (χ2v) is 4.28. The first-order valence-corrected chi connectivity index (χ1v) is 4.98. The summed E-state index contributed by atoms with van der Waals surface area (Å²) in [7, 11) is -3.67. The number of aromatic hydroxyl groups is 1. The van der Waals surface area contributed by atoms with Gasteiger partial charge in [0, 0.05) is 6.07 Å². The highest BCUT2D eigenvalue weighted by molar-refractivity contribution is 7.89. The fourth-order valence-electron chi connectivity index (χ4n) is 0.824. The van der Waals surface area contributed by atoms with Crippen molar-refractivity contribution in [1.82, 2.24) is 4.83 Å². The molecule has 0 saturated heterocycles. The van der Waals surface area contributed by atoms with Crippen molar-refractivity contribution in [3.8, 4) is 5.75 Å². The number of phenolic OH excluding ortho intramolecular Hbond substituents is 1. The summed E-state index contributed by atoms with van der Waals surface area (Å²) in [5, 5.41) is 9.23. The molecule has 6 heteroatoms. The van der Waals surface area contributed by atoms with Crippen LogP contribution in [0, 0.1) is 6.92 Å². The number of rotatable bonds is 2. The van der Waals surface area contributed by atoms with Crippen LogP contribution in [0.5, 0.6) is 5.75 Å². The van der Waals surface area contributed by atoms with E-state index in [0.29, 0.717) is 5.56 Å². The fourth-order valence-corrected chi connectivity index (χ4v) is 1.47. The lowest BCUT2D eigenvalue weighted by Gasteiger charge is -2.03. The molecule has 0 heterocycles. The van der Waals surface area contributed by atoms with Crippen LogP contribution in [0.4, 0.5) is 0 Å². The van der Waals surface area contributed by atoms with Gasteiger partial charge >= 0.3 is 0 Å². The summed E-state index contributed by atoms with van der Waals surface area (Å²) in [4.78, 5) is 1.61. The van der Waals surface area contributed by atoms with Crippen molar-refractivity contribution in [2.45, 2.75) is 11.8 Å². The summed E-state index contributed by atoms with van der Waals surface area (Å²) in [6, 6.07) is 4.01. The van der Waals surface area contributed by atoms with Crippen LogP contribution in [-0.2, 0) is 10.0 Å². The molecule has 4 N–H and O–H groups in total. The molecular formula is C7H10N2O3S. The topological polar surface area (TPSA) is 92.4 Å². The van der Waals surface area contributed by atoms with Gasteiger partial charge in [0.05, 0.1) is 4.90 Å². The molecule has 0 unspecified atom stereocenters. The van der Waals surface area contributed by atoms with Gasteiger partial charge in [0.2, 0.25) is 0 Å². The van der Waals surface area contributed by atoms with E-state index in [1.54, 1.807) is 11.8 Å². The van der Waals surface area contributed by atoms with Crippen LogP contribution in [0.15, 0.2) is 23.1 Å². The van der Waals surface area contributed by atoms with Crippen molar-refractivity contribution < 1.29 is 13.5 Å². The molecule has 0 saturated carbocycles. The Morgan fingerprint density at radius 3 is 2.54 bits per heavy atom. The Kier molecular flexibility index (Phi) is 2.55. The van der Waals surface area contributed by atoms with Gasteiger partial charge in [-0.25, -0.2) is 8.42 Å². The van der Waals surface area contributed by atoms with E-state index in [-0.39, 0.29) is 10.6 Å². The molecule has 0 aliphatic carbocycles. The molecule has 0 bridgehead atoms. The van der Waals surface area contributed by atoms with E-state index in [1.807, 2.05) is 0 Å². The van der Waals surface area contributed by atoms with E-state index in [0.717, 1.165) is 6.07 Å². The van der Waals surface area contributed by atoms with E-state index in [1.165, 1.54) is 12.1 Å². The Morgan fingerprint density at radius 2 is 2.08 bits per heavy atom. The van der Waals surface area contributed by atoms with Crippen LogP contribution in [0.3, 0.4) is 0 Å². The zero-order chi connectivity index (χ0) is 10.1. The number of aryl methyl sites for hydroxylation is 1. The molecule has 0 aliphatic rings. The average molecular weight is 202 g/mol. The molecule has 0 amide bonds. The number of nitrogens with one attached hydrogen (secondary N) is 1. The molecule has 0 atom stereocenters. The van der Waals surface area contributed by atoms with Crippen LogP contribution < -0.4 is 10.7 Å². The van der Waals surface area contributed by atoms with Gasteiger partial charge in [-0.2, -0.15) is 4.83 Å². The highest BCUT2D eigenvalue weighted by Gasteiger charge is 2.12. The van der Waals surface area contributed by atoms with Crippen LogP contribution in [0.2, 0.25) is 0 Å². The van der Waals surface area contributed by atoms with Crippen LogP contribution in [0.1, 0.15) is 5.56 Å². The molecule has 72 valence electrons. The van der Waals surface area contributed by atoms with Crippen LogP contribution in [-0.4, -0.2) is 13.5 Å². The predicted molar refractivity (Wildman–Crippen MR) is 47.4 cm³/mol. The van der Waals surface area contributed by atoms with Crippen LogP contribution >= 0.6 is 0 Å². The van der Waals surface area contributed by atoms with Crippen molar-refractivity contribution in [1.29, 1.82) is 0 Å². The normalized spacial score (nSPS) is 11.5. The summed E-state index contributed by atoms with van der Waals surface area (Å²) < 4.78 is 22.2. The van der Waals surface area contributed by atoms with E-state index >= 15 is 0 Å². The summed E-state index contributed by atoms with van der Waals surface area (Å²) in [5.74, 6) is 4.73. The van der Waals surface area contributed by atoms with Crippen molar-refractivity contribution >= 4 is 10.0 Å². The highest BCUT2D eigenvalue weighted by Crippen LogP contribution is 2.19. The summed E-state index contributed by atoms with van der Waals surface area (Å²) in [6.07, 6.45) is 0. The first kappa shape index (κ1) is 9.97. The standard InChI is InChI=1S/C7H10N2O3S/c1-5-2-3-6(4-7(5)10)13(11,12)9-8/h2-4,9-10H,8H2,1H3. The molecular weight excluding hydrogens is 192 g/mol. The Hall–Kier alpha value is -1.11. The van der Waals surface area contributed by atoms with Crippen molar-refractivity contribution in [2.24, 2.45) is 5.84 Å². The molecule has 0 aliphatic heterocycles. The number of sulfonamides is 1. The number of hydrogen-bond donors (Lipinski definition) is 3. The number of phenols is 1. The van der Waals surface area contributed by atoms with Crippen molar-refractivity contribution in [2.75, 3.05) is 0 Å². The Morgan fingerprint density at radius 1 is 1.46 bits per heavy atom. The molecule has 0 radical (unpaired) electrons. The highest BCUT2D eigenvalue weighted by atomic mass is 32.2. The third-order valence-electron chi connectivity index (χ3n) is 1.65. The lowest BCUT2D eigenvalue weighted by molar-refractivity contribution is 0.469. The van der Waals surface area contributed by atoms with Gasteiger partial charge in [-0.05, 0) is 18.6 Å². The third-order valence-corrected chi connectivity index (χ3v) is 2.83. The number of hydrogen-bond acceptors (Lipinski definition) is 4. The quantitative estimate of drug-likeness (QED) is 0.459. The van der Waals surface area contributed by atoms with Gasteiger partial charge in [-0.15, -0.1) is 0 Å². The maximum Gasteiger partial charge on any atom is 0.253 e. The summed E-state index contributed by atoms with van der Waals surface area (Å²) in [5.41, 5.74) is 0.607. The Balaban J connectivity index is 3.27. The zero-order valence-electron chi connectivity index (χ0n) is 6.98. The van der Waals surface area contributed by atoms with Gasteiger partial charge in [-0.3, -0.25) is 5.84 Å². The second-order valence-electron chi connectivity index (χ2n) is 2.57. The second kappa shape index (κ2) is 3.33. The van der Waals surface area contributed by atoms with Crippen LogP contribution in [0.25, 0.3) is 0 Å². The minimum atomic E-state index is -3.67. The lowest BCUT2D eigenvalue weighted by Crippen LogP contribution is -2.30. The molecule has 0 fully saturated rings. The number of benzene rings is 1. The minimum absolute atomic E-state index is 0.0573. The SMILES string of the molecule is Cc1ccc(S(=O)(=O)NN)cc1O. The molecule has 0 aromatic heterocycles. The van der Waals surface area contributed by atoms with Gasteiger partial charge < -0.3 is 5.11 Å². The van der Waals surface area contributed by atoms with E-state index < -0.39 is 10.0 Å². The molecule has 5 nitrogen and oxygen atoms in total. The first-order valence-electron chi connectivity index (χ1n) is 3.49. The number of nitrogens with two attached hydrogens (primary N) is 1. The third kappa shape index (κ3) is 1.97. The van der Waals surface area contributed by atoms with Gasteiger partial charge in [-0.1, -0.05) is 6.07 Å². The summed E-state index contributed by atoms with van der Waals surface area (Å²) in [6.45, 7) is 1.67. The molecule has 1 aromatic carbocycles. The van der Waals surface area contributed by atoms with Gasteiger partial charge in [0.15, 0.2) is 0 Å². The first-order chi connectivity index (χ1) is 5.97. The number of hydrazine groups is 1.